The monoisotopic (exact) mass is 253 g/mol. The molecule has 1 aliphatic rings. The second-order valence-electron chi connectivity index (χ2n) is 3.93. The molecule has 0 saturated carbocycles. The van der Waals surface area contributed by atoms with E-state index in [9.17, 15) is 4.79 Å². The molecule has 4 nitrogen and oxygen atoms in total. The van der Waals surface area contributed by atoms with Gasteiger partial charge in [-0.15, -0.1) is 0 Å². The number of carbonyl (C=O) groups excluding carboxylic acids is 1. The van der Waals surface area contributed by atoms with Gasteiger partial charge in [0.15, 0.2) is 6.61 Å². The van der Waals surface area contributed by atoms with Gasteiger partial charge in [0.25, 0.3) is 5.91 Å². The quantitative estimate of drug-likeness (QED) is 0.877. The Balaban J connectivity index is 1.73. The van der Waals surface area contributed by atoms with E-state index in [1.54, 1.807) is 24.3 Å². The molecule has 1 amide bonds. The smallest absolute Gasteiger partial charge is 0.258 e. The fourth-order valence-corrected chi connectivity index (χ4v) is 1.78. The topological polar surface area (TPSA) is 52.4 Å². The molecule has 1 atom stereocenters. The highest BCUT2D eigenvalue weighted by atomic mass is 35.5. The standard InChI is InChI=1S/C12H14ClN2O2/c13-9-1-3-11(4-2-9)17-8-12(16)15-10-5-6-14-7-10/h1-4,10H,5-8H2,(H,15,16)/t10-/m1/s1. The Morgan fingerprint density at radius 2 is 2.24 bits per heavy atom. The highest BCUT2D eigenvalue weighted by Gasteiger charge is 2.17. The lowest BCUT2D eigenvalue weighted by atomic mass is 10.2. The van der Waals surface area contributed by atoms with Crippen LogP contribution in [0.4, 0.5) is 0 Å². The maximum Gasteiger partial charge on any atom is 0.258 e. The molecule has 1 fully saturated rings. The van der Waals surface area contributed by atoms with Crippen molar-refractivity contribution in [1.82, 2.24) is 10.6 Å². The summed E-state index contributed by atoms with van der Waals surface area (Å²) in [6.45, 7) is 1.58. The highest BCUT2D eigenvalue weighted by molar-refractivity contribution is 6.30. The second-order valence-corrected chi connectivity index (χ2v) is 4.36. The number of benzene rings is 1. The summed E-state index contributed by atoms with van der Waals surface area (Å²) in [5, 5.41) is 7.70. The lowest BCUT2D eigenvalue weighted by Gasteiger charge is -2.11. The summed E-state index contributed by atoms with van der Waals surface area (Å²) in [5.41, 5.74) is 0. The van der Waals surface area contributed by atoms with Gasteiger partial charge < -0.3 is 10.1 Å². The molecule has 0 aliphatic carbocycles. The Labute approximate surface area is 105 Å². The predicted octanol–water partition coefficient (Wildman–Crippen LogP) is 1.21. The normalized spacial score (nSPS) is 19.0. The van der Waals surface area contributed by atoms with Gasteiger partial charge in [0, 0.05) is 24.2 Å². The molecule has 1 aromatic rings. The molecular formula is C12H14ClN2O2. The Morgan fingerprint density at radius 1 is 1.47 bits per heavy atom. The highest BCUT2D eigenvalue weighted by Crippen LogP contribution is 2.15. The van der Waals surface area contributed by atoms with Crippen LogP contribution < -0.4 is 15.4 Å². The summed E-state index contributed by atoms with van der Waals surface area (Å²) >= 11 is 5.74. The fourth-order valence-electron chi connectivity index (χ4n) is 1.65. The van der Waals surface area contributed by atoms with Crippen molar-refractivity contribution >= 4 is 17.5 Å². The van der Waals surface area contributed by atoms with E-state index in [1.807, 2.05) is 0 Å². The van der Waals surface area contributed by atoms with Gasteiger partial charge in [-0.3, -0.25) is 4.79 Å². The van der Waals surface area contributed by atoms with Crippen LogP contribution in [-0.4, -0.2) is 31.6 Å². The first-order valence-electron chi connectivity index (χ1n) is 5.55. The van der Waals surface area contributed by atoms with Gasteiger partial charge in [-0.1, -0.05) is 11.6 Å². The maximum atomic E-state index is 11.5. The van der Waals surface area contributed by atoms with Crippen LogP contribution >= 0.6 is 11.6 Å². The molecule has 2 rings (SSSR count). The fraction of sp³-hybridized carbons (Fsp3) is 0.417. The van der Waals surface area contributed by atoms with Gasteiger partial charge >= 0.3 is 0 Å². The summed E-state index contributed by atoms with van der Waals surface area (Å²) in [6, 6.07) is 7.10. The van der Waals surface area contributed by atoms with E-state index in [-0.39, 0.29) is 18.6 Å². The molecule has 0 bridgehead atoms. The van der Waals surface area contributed by atoms with E-state index in [0.717, 1.165) is 13.0 Å². The van der Waals surface area contributed by atoms with Crippen LogP contribution in [0.2, 0.25) is 5.02 Å². The molecule has 1 saturated heterocycles. The Kier molecular flexibility index (Phi) is 4.23. The van der Waals surface area contributed by atoms with Crippen LogP contribution in [0.15, 0.2) is 24.3 Å². The van der Waals surface area contributed by atoms with E-state index in [2.05, 4.69) is 10.6 Å². The van der Waals surface area contributed by atoms with E-state index in [1.165, 1.54) is 0 Å². The molecule has 0 unspecified atom stereocenters. The van der Waals surface area contributed by atoms with E-state index >= 15 is 0 Å². The molecule has 17 heavy (non-hydrogen) atoms. The molecular weight excluding hydrogens is 240 g/mol. The van der Waals surface area contributed by atoms with Crippen LogP contribution in [-0.2, 0) is 4.79 Å². The summed E-state index contributed by atoms with van der Waals surface area (Å²) in [4.78, 5) is 11.5. The Hall–Kier alpha value is -1.26. The number of nitrogens with one attached hydrogen (secondary N) is 1. The summed E-state index contributed by atoms with van der Waals surface area (Å²) < 4.78 is 5.33. The SMILES string of the molecule is O=C(COc1ccc(Cl)cc1)N[C@@H]1CC[N]C1. The van der Waals surface area contributed by atoms with Gasteiger partial charge in [0.2, 0.25) is 0 Å². The van der Waals surface area contributed by atoms with Gasteiger partial charge in [-0.25, -0.2) is 5.32 Å². The van der Waals surface area contributed by atoms with Crippen molar-refractivity contribution in [2.24, 2.45) is 0 Å². The summed E-state index contributed by atoms with van der Waals surface area (Å²) in [7, 11) is 0. The minimum Gasteiger partial charge on any atom is -0.484 e. The van der Waals surface area contributed by atoms with Gasteiger partial charge in [-0.2, -0.15) is 0 Å². The van der Waals surface area contributed by atoms with E-state index in [4.69, 9.17) is 16.3 Å². The van der Waals surface area contributed by atoms with Crippen molar-refractivity contribution in [1.29, 1.82) is 0 Å². The van der Waals surface area contributed by atoms with Crippen molar-refractivity contribution < 1.29 is 9.53 Å². The van der Waals surface area contributed by atoms with Crippen molar-refractivity contribution in [3.8, 4) is 5.75 Å². The first-order valence-corrected chi connectivity index (χ1v) is 5.93. The second kappa shape index (κ2) is 5.89. The molecule has 0 spiro atoms. The van der Waals surface area contributed by atoms with Crippen molar-refractivity contribution in [3.63, 3.8) is 0 Å². The average Bonchev–Trinajstić information content (AvgIpc) is 2.81. The lowest BCUT2D eigenvalue weighted by Crippen LogP contribution is -2.38. The third-order valence-electron chi connectivity index (χ3n) is 2.53. The largest absolute Gasteiger partial charge is 0.484 e. The number of halogens is 1. The molecule has 91 valence electrons. The van der Waals surface area contributed by atoms with Crippen LogP contribution in [0.25, 0.3) is 0 Å². The number of carbonyl (C=O) groups is 1. The van der Waals surface area contributed by atoms with E-state index < -0.39 is 0 Å². The van der Waals surface area contributed by atoms with Crippen LogP contribution in [0.1, 0.15) is 6.42 Å². The number of ether oxygens (including phenoxy) is 1. The molecule has 1 radical (unpaired) electrons. The zero-order valence-electron chi connectivity index (χ0n) is 9.36. The number of amides is 1. The minimum absolute atomic E-state index is 0.0259. The number of hydrogen-bond donors (Lipinski definition) is 1. The molecule has 1 heterocycles. The lowest BCUT2D eigenvalue weighted by molar-refractivity contribution is -0.123. The van der Waals surface area contributed by atoms with Crippen LogP contribution in [0.5, 0.6) is 5.75 Å². The maximum absolute atomic E-state index is 11.5. The van der Waals surface area contributed by atoms with Gasteiger partial charge in [0.05, 0.1) is 0 Å². The molecule has 5 heteroatoms. The Bertz CT molecular complexity index is 375. The summed E-state index contributed by atoms with van der Waals surface area (Å²) in [6.07, 6.45) is 0.923. The molecule has 1 aliphatic heterocycles. The number of hydrogen-bond acceptors (Lipinski definition) is 2. The van der Waals surface area contributed by atoms with Crippen LogP contribution in [0, 0.1) is 0 Å². The number of nitrogens with zero attached hydrogens (tertiary/aromatic N) is 1. The molecule has 0 aromatic heterocycles. The third-order valence-corrected chi connectivity index (χ3v) is 2.79. The zero-order valence-corrected chi connectivity index (χ0v) is 10.1. The predicted molar refractivity (Wildman–Crippen MR) is 65.4 cm³/mol. The first kappa shape index (κ1) is 12.2. The first-order chi connectivity index (χ1) is 8.24. The van der Waals surface area contributed by atoms with Crippen LogP contribution in [0.3, 0.4) is 0 Å². The van der Waals surface area contributed by atoms with Gasteiger partial charge in [0.1, 0.15) is 5.75 Å². The Morgan fingerprint density at radius 3 is 2.88 bits per heavy atom. The van der Waals surface area contributed by atoms with Crippen molar-refractivity contribution in [2.45, 2.75) is 12.5 Å². The van der Waals surface area contributed by atoms with E-state index in [0.29, 0.717) is 17.3 Å². The average molecular weight is 254 g/mol. The molecule has 1 N–H and O–H groups in total. The van der Waals surface area contributed by atoms with Gasteiger partial charge in [-0.05, 0) is 30.7 Å². The minimum atomic E-state index is -0.109. The third kappa shape index (κ3) is 3.91. The number of rotatable bonds is 4. The zero-order chi connectivity index (χ0) is 12.1. The van der Waals surface area contributed by atoms with Crippen molar-refractivity contribution in [3.05, 3.63) is 29.3 Å². The summed E-state index contributed by atoms with van der Waals surface area (Å²) in [5.74, 6) is 0.530. The van der Waals surface area contributed by atoms with Crippen molar-refractivity contribution in [2.75, 3.05) is 19.7 Å². The molecule has 1 aromatic carbocycles.